The lowest BCUT2D eigenvalue weighted by atomic mass is 10.1. The first-order valence-corrected chi connectivity index (χ1v) is 5.14. The predicted octanol–water partition coefficient (Wildman–Crippen LogP) is 1.69. The van der Waals surface area contributed by atoms with Crippen LogP contribution in [0.2, 0.25) is 0 Å². The standard InChI is InChI=1S/C10H20O3/c1-3-4-5-6-9-8(11)7-10(12-2)13-9/h8-11H,3-7H2,1-2H3/t8-,9+,10+/m0/s1. The zero-order chi connectivity index (χ0) is 9.68. The summed E-state index contributed by atoms with van der Waals surface area (Å²) in [5, 5.41) is 9.58. The Morgan fingerprint density at radius 3 is 2.77 bits per heavy atom. The Hall–Kier alpha value is -0.120. The van der Waals surface area contributed by atoms with Crippen molar-refractivity contribution in [3.8, 4) is 0 Å². The van der Waals surface area contributed by atoms with Crippen LogP contribution in [0.25, 0.3) is 0 Å². The summed E-state index contributed by atoms with van der Waals surface area (Å²) in [4.78, 5) is 0. The predicted molar refractivity (Wildman–Crippen MR) is 50.4 cm³/mol. The molecule has 0 spiro atoms. The van der Waals surface area contributed by atoms with Gasteiger partial charge in [0, 0.05) is 13.5 Å². The molecule has 3 heteroatoms. The second-order valence-electron chi connectivity index (χ2n) is 3.64. The molecule has 1 aliphatic heterocycles. The van der Waals surface area contributed by atoms with E-state index in [9.17, 15) is 5.11 Å². The fourth-order valence-corrected chi connectivity index (χ4v) is 1.70. The molecule has 13 heavy (non-hydrogen) atoms. The Balaban J connectivity index is 2.18. The molecule has 1 rings (SSSR count). The molecule has 3 nitrogen and oxygen atoms in total. The molecular weight excluding hydrogens is 168 g/mol. The highest BCUT2D eigenvalue weighted by Gasteiger charge is 2.33. The minimum atomic E-state index is -0.332. The molecule has 1 fully saturated rings. The van der Waals surface area contributed by atoms with E-state index < -0.39 is 0 Å². The minimum absolute atomic E-state index is 0.00324. The van der Waals surface area contributed by atoms with Crippen molar-refractivity contribution >= 4 is 0 Å². The molecule has 0 radical (unpaired) electrons. The number of unbranched alkanes of at least 4 members (excludes halogenated alkanes) is 2. The normalized spacial score (nSPS) is 33.9. The average Bonchev–Trinajstić information content (AvgIpc) is 2.48. The maximum absolute atomic E-state index is 9.58. The van der Waals surface area contributed by atoms with Crippen molar-refractivity contribution in [3.63, 3.8) is 0 Å². The fourth-order valence-electron chi connectivity index (χ4n) is 1.70. The molecule has 0 aromatic heterocycles. The Labute approximate surface area is 80.0 Å². The molecule has 0 aromatic rings. The van der Waals surface area contributed by atoms with Crippen LogP contribution in [0, 0.1) is 0 Å². The molecule has 0 aromatic carbocycles. The molecule has 3 atom stereocenters. The number of hydrogen-bond donors (Lipinski definition) is 1. The van der Waals surface area contributed by atoms with E-state index in [4.69, 9.17) is 9.47 Å². The van der Waals surface area contributed by atoms with Gasteiger partial charge in [-0.05, 0) is 6.42 Å². The Morgan fingerprint density at radius 1 is 1.46 bits per heavy atom. The first-order chi connectivity index (χ1) is 6.27. The number of rotatable bonds is 5. The zero-order valence-electron chi connectivity index (χ0n) is 8.53. The van der Waals surface area contributed by atoms with Gasteiger partial charge in [-0.2, -0.15) is 0 Å². The van der Waals surface area contributed by atoms with E-state index in [1.54, 1.807) is 7.11 Å². The van der Waals surface area contributed by atoms with Crippen LogP contribution in [0.1, 0.15) is 39.0 Å². The van der Waals surface area contributed by atoms with Crippen LogP contribution >= 0.6 is 0 Å². The number of aliphatic hydroxyl groups is 1. The van der Waals surface area contributed by atoms with E-state index in [2.05, 4.69) is 6.92 Å². The third kappa shape index (κ3) is 3.25. The van der Waals surface area contributed by atoms with E-state index >= 15 is 0 Å². The topological polar surface area (TPSA) is 38.7 Å². The van der Waals surface area contributed by atoms with Crippen LogP contribution in [-0.2, 0) is 9.47 Å². The monoisotopic (exact) mass is 188 g/mol. The van der Waals surface area contributed by atoms with Crippen LogP contribution < -0.4 is 0 Å². The van der Waals surface area contributed by atoms with Crippen LogP contribution in [0.4, 0.5) is 0 Å². The van der Waals surface area contributed by atoms with Crippen molar-refractivity contribution in [2.75, 3.05) is 7.11 Å². The van der Waals surface area contributed by atoms with Gasteiger partial charge in [0.2, 0.25) is 0 Å². The summed E-state index contributed by atoms with van der Waals surface area (Å²) in [6.07, 6.45) is 4.59. The number of methoxy groups -OCH3 is 1. The Bertz CT molecular complexity index is 138. The van der Waals surface area contributed by atoms with Crippen LogP contribution in [0.3, 0.4) is 0 Å². The third-order valence-electron chi connectivity index (χ3n) is 2.54. The second-order valence-corrected chi connectivity index (χ2v) is 3.64. The molecule has 1 aliphatic rings. The SMILES string of the molecule is CCCCC[C@H]1O[C@@H](OC)C[C@@H]1O. The van der Waals surface area contributed by atoms with Gasteiger partial charge in [0.1, 0.15) is 0 Å². The molecule has 78 valence electrons. The van der Waals surface area contributed by atoms with Crippen LogP contribution in [0.5, 0.6) is 0 Å². The minimum Gasteiger partial charge on any atom is -0.390 e. The first kappa shape index (κ1) is 11.0. The average molecular weight is 188 g/mol. The largest absolute Gasteiger partial charge is 0.390 e. The van der Waals surface area contributed by atoms with E-state index in [1.165, 1.54) is 12.8 Å². The Kier molecular flexibility index (Phi) is 4.70. The summed E-state index contributed by atoms with van der Waals surface area (Å²) in [5.74, 6) is 0. The van der Waals surface area contributed by atoms with Crippen molar-refractivity contribution in [1.82, 2.24) is 0 Å². The van der Waals surface area contributed by atoms with Crippen molar-refractivity contribution < 1.29 is 14.6 Å². The molecular formula is C10H20O3. The van der Waals surface area contributed by atoms with Gasteiger partial charge in [0.15, 0.2) is 6.29 Å². The maximum atomic E-state index is 9.58. The molecule has 0 unspecified atom stereocenters. The molecule has 1 N–H and O–H groups in total. The fraction of sp³-hybridized carbons (Fsp3) is 1.00. The number of hydrogen-bond acceptors (Lipinski definition) is 3. The van der Waals surface area contributed by atoms with E-state index in [0.717, 1.165) is 12.8 Å². The lowest BCUT2D eigenvalue weighted by molar-refractivity contribution is -0.119. The van der Waals surface area contributed by atoms with Gasteiger partial charge < -0.3 is 14.6 Å². The first-order valence-electron chi connectivity index (χ1n) is 5.14. The van der Waals surface area contributed by atoms with E-state index in [-0.39, 0.29) is 18.5 Å². The van der Waals surface area contributed by atoms with E-state index in [1.807, 2.05) is 0 Å². The summed E-state index contributed by atoms with van der Waals surface area (Å²) in [5.41, 5.74) is 0. The third-order valence-corrected chi connectivity index (χ3v) is 2.54. The maximum Gasteiger partial charge on any atom is 0.160 e. The second kappa shape index (κ2) is 5.58. The molecule has 0 amide bonds. The smallest absolute Gasteiger partial charge is 0.160 e. The molecule has 0 aliphatic carbocycles. The van der Waals surface area contributed by atoms with Crippen molar-refractivity contribution in [2.24, 2.45) is 0 Å². The van der Waals surface area contributed by atoms with E-state index in [0.29, 0.717) is 6.42 Å². The highest BCUT2D eigenvalue weighted by atomic mass is 16.7. The van der Waals surface area contributed by atoms with Gasteiger partial charge >= 0.3 is 0 Å². The summed E-state index contributed by atoms with van der Waals surface area (Å²) < 4.78 is 10.5. The van der Waals surface area contributed by atoms with Gasteiger partial charge in [0.25, 0.3) is 0 Å². The van der Waals surface area contributed by atoms with Gasteiger partial charge in [0.05, 0.1) is 12.2 Å². The van der Waals surface area contributed by atoms with Gasteiger partial charge in [-0.15, -0.1) is 0 Å². The molecule has 1 heterocycles. The number of ether oxygens (including phenoxy) is 2. The van der Waals surface area contributed by atoms with Crippen molar-refractivity contribution in [2.45, 2.75) is 57.5 Å². The molecule has 0 bridgehead atoms. The number of aliphatic hydroxyl groups excluding tert-OH is 1. The van der Waals surface area contributed by atoms with Crippen LogP contribution in [0.15, 0.2) is 0 Å². The van der Waals surface area contributed by atoms with Crippen molar-refractivity contribution in [1.29, 1.82) is 0 Å². The van der Waals surface area contributed by atoms with Gasteiger partial charge in [-0.25, -0.2) is 0 Å². The quantitative estimate of drug-likeness (QED) is 0.667. The zero-order valence-corrected chi connectivity index (χ0v) is 8.53. The van der Waals surface area contributed by atoms with Gasteiger partial charge in [-0.3, -0.25) is 0 Å². The highest BCUT2D eigenvalue weighted by Crippen LogP contribution is 2.24. The van der Waals surface area contributed by atoms with Crippen molar-refractivity contribution in [3.05, 3.63) is 0 Å². The summed E-state index contributed by atoms with van der Waals surface area (Å²) in [7, 11) is 1.62. The molecule has 1 saturated heterocycles. The summed E-state index contributed by atoms with van der Waals surface area (Å²) in [6, 6.07) is 0. The van der Waals surface area contributed by atoms with Crippen LogP contribution in [-0.4, -0.2) is 30.7 Å². The lowest BCUT2D eigenvalue weighted by Crippen LogP contribution is -2.20. The Morgan fingerprint density at radius 2 is 2.23 bits per heavy atom. The molecule has 0 saturated carbocycles. The van der Waals surface area contributed by atoms with Gasteiger partial charge in [-0.1, -0.05) is 26.2 Å². The highest BCUT2D eigenvalue weighted by molar-refractivity contribution is 4.77. The lowest BCUT2D eigenvalue weighted by Gasteiger charge is -2.13. The summed E-state index contributed by atoms with van der Waals surface area (Å²) in [6.45, 7) is 2.17. The summed E-state index contributed by atoms with van der Waals surface area (Å²) >= 11 is 0.